The highest BCUT2D eigenvalue weighted by Gasteiger charge is 2.57. The van der Waals surface area contributed by atoms with E-state index < -0.39 is 22.6 Å². The third-order valence-corrected chi connectivity index (χ3v) is 5.69. The standard InChI is InChI=1S/C14H15F2NO2.C8H7N/c15-9-3-4-10(16)12-11(9)13(7-18)5-1-2-6-14(13,17)8-19-12;1-7-2-4-8(6-9)5-3-7/h3-4,7H,1-2,5-6,8,17H2;2-5H,1H3/t13?,14-;/m0./s1. The Hall–Kier alpha value is -2.78. The minimum atomic E-state index is -1.18. The summed E-state index contributed by atoms with van der Waals surface area (Å²) < 4.78 is 33.3. The maximum atomic E-state index is 14.2. The Morgan fingerprint density at radius 2 is 1.75 bits per heavy atom. The SMILES string of the molecule is Cc1ccc(C#N)cc1.N[C@]12CCCCC1(C=O)c1c(F)ccc(F)c1OC2. The van der Waals surface area contributed by atoms with E-state index in [1.807, 2.05) is 31.2 Å². The van der Waals surface area contributed by atoms with Crippen molar-refractivity contribution in [2.45, 2.75) is 43.6 Å². The lowest BCUT2D eigenvalue weighted by Gasteiger charge is -2.51. The molecular formula is C22H22F2N2O2. The lowest BCUT2D eigenvalue weighted by Crippen LogP contribution is -2.66. The third-order valence-electron chi connectivity index (χ3n) is 5.69. The summed E-state index contributed by atoms with van der Waals surface area (Å²) in [5.41, 5.74) is 6.08. The third kappa shape index (κ3) is 3.27. The molecule has 1 unspecified atom stereocenters. The summed E-state index contributed by atoms with van der Waals surface area (Å²) in [7, 11) is 0. The minimum absolute atomic E-state index is 0.00375. The number of nitrogens with zero attached hydrogens (tertiary/aromatic N) is 1. The van der Waals surface area contributed by atoms with Gasteiger partial charge < -0.3 is 15.3 Å². The monoisotopic (exact) mass is 384 g/mol. The summed E-state index contributed by atoms with van der Waals surface area (Å²) in [5, 5.41) is 8.38. The van der Waals surface area contributed by atoms with Crippen LogP contribution >= 0.6 is 0 Å². The van der Waals surface area contributed by atoms with Gasteiger partial charge in [-0.05, 0) is 44.0 Å². The van der Waals surface area contributed by atoms with Gasteiger partial charge in [0.2, 0.25) is 0 Å². The molecule has 28 heavy (non-hydrogen) atoms. The molecule has 1 heterocycles. The van der Waals surface area contributed by atoms with Crippen LogP contribution in [-0.4, -0.2) is 18.4 Å². The quantitative estimate of drug-likeness (QED) is 0.756. The molecule has 146 valence electrons. The van der Waals surface area contributed by atoms with Crippen LogP contribution in [0.4, 0.5) is 8.78 Å². The fraction of sp³-hybridized carbons (Fsp3) is 0.364. The van der Waals surface area contributed by atoms with Crippen molar-refractivity contribution in [2.24, 2.45) is 5.73 Å². The fourth-order valence-electron chi connectivity index (χ4n) is 4.05. The molecule has 2 aliphatic rings. The lowest BCUT2D eigenvalue weighted by molar-refractivity contribution is -0.118. The second-order valence-electron chi connectivity index (χ2n) is 7.45. The van der Waals surface area contributed by atoms with Gasteiger partial charge in [0.05, 0.1) is 22.6 Å². The largest absolute Gasteiger partial charge is 0.488 e. The zero-order valence-corrected chi connectivity index (χ0v) is 15.7. The van der Waals surface area contributed by atoms with Crippen molar-refractivity contribution in [3.63, 3.8) is 0 Å². The Kier molecular flexibility index (Phi) is 5.48. The summed E-state index contributed by atoms with van der Waals surface area (Å²) >= 11 is 0. The number of nitriles is 1. The molecule has 1 aliphatic heterocycles. The summed E-state index contributed by atoms with van der Waals surface area (Å²) in [6.07, 6.45) is 3.33. The number of fused-ring (bicyclic) bond motifs is 3. The van der Waals surface area contributed by atoms with Crippen LogP contribution in [0.1, 0.15) is 42.4 Å². The first-order valence-electron chi connectivity index (χ1n) is 9.20. The molecule has 1 aliphatic carbocycles. The number of ether oxygens (including phenoxy) is 1. The molecule has 2 atom stereocenters. The van der Waals surface area contributed by atoms with Crippen molar-refractivity contribution in [3.05, 3.63) is 64.7 Å². The fourth-order valence-corrected chi connectivity index (χ4v) is 4.05. The molecule has 2 aromatic rings. The van der Waals surface area contributed by atoms with E-state index >= 15 is 0 Å². The van der Waals surface area contributed by atoms with Crippen molar-refractivity contribution < 1.29 is 18.3 Å². The lowest BCUT2D eigenvalue weighted by atomic mass is 9.58. The average Bonchev–Trinajstić information content (AvgIpc) is 2.71. The molecule has 2 N–H and O–H groups in total. The van der Waals surface area contributed by atoms with E-state index in [-0.39, 0.29) is 17.9 Å². The van der Waals surface area contributed by atoms with E-state index in [2.05, 4.69) is 6.07 Å². The predicted octanol–water partition coefficient (Wildman–Crippen LogP) is 3.93. The maximum Gasteiger partial charge on any atom is 0.165 e. The molecule has 4 nitrogen and oxygen atoms in total. The summed E-state index contributed by atoms with van der Waals surface area (Å²) in [5.74, 6) is -1.43. The van der Waals surface area contributed by atoms with E-state index in [1.165, 1.54) is 5.56 Å². The maximum absolute atomic E-state index is 14.2. The molecule has 6 heteroatoms. The van der Waals surface area contributed by atoms with E-state index in [1.54, 1.807) is 0 Å². The molecule has 0 bridgehead atoms. The van der Waals surface area contributed by atoms with E-state index in [4.69, 9.17) is 15.7 Å². The van der Waals surface area contributed by atoms with Crippen molar-refractivity contribution >= 4 is 6.29 Å². The van der Waals surface area contributed by atoms with Crippen molar-refractivity contribution in [1.29, 1.82) is 5.26 Å². The Bertz CT molecular complexity index is 923. The van der Waals surface area contributed by atoms with Gasteiger partial charge in [-0.2, -0.15) is 5.26 Å². The number of benzene rings is 2. The van der Waals surface area contributed by atoms with E-state index in [9.17, 15) is 13.6 Å². The van der Waals surface area contributed by atoms with Crippen molar-refractivity contribution in [2.75, 3.05) is 6.61 Å². The zero-order valence-electron chi connectivity index (χ0n) is 15.7. The van der Waals surface area contributed by atoms with Crippen molar-refractivity contribution in [1.82, 2.24) is 0 Å². The topological polar surface area (TPSA) is 76.1 Å². The van der Waals surface area contributed by atoms with Gasteiger partial charge in [-0.25, -0.2) is 8.78 Å². The van der Waals surface area contributed by atoms with Crippen LogP contribution in [-0.2, 0) is 10.2 Å². The summed E-state index contributed by atoms with van der Waals surface area (Å²) in [6, 6.07) is 11.6. The molecule has 0 amide bonds. The number of halogens is 2. The smallest absolute Gasteiger partial charge is 0.165 e. The van der Waals surface area contributed by atoms with Gasteiger partial charge in [0.25, 0.3) is 0 Å². The number of aldehydes is 1. The number of rotatable bonds is 1. The predicted molar refractivity (Wildman–Crippen MR) is 101 cm³/mol. The first-order valence-corrected chi connectivity index (χ1v) is 9.20. The number of nitrogens with two attached hydrogens (primary N) is 1. The van der Waals surface area contributed by atoms with Gasteiger partial charge in [-0.3, -0.25) is 0 Å². The minimum Gasteiger partial charge on any atom is -0.488 e. The molecule has 0 aromatic heterocycles. The van der Waals surface area contributed by atoms with Crippen LogP contribution in [0, 0.1) is 29.9 Å². The van der Waals surface area contributed by atoms with Gasteiger partial charge in [0.1, 0.15) is 18.7 Å². The summed E-state index contributed by atoms with van der Waals surface area (Å²) in [6.45, 7) is 2.04. The van der Waals surface area contributed by atoms with Crippen LogP contribution in [0.25, 0.3) is 0 Å². The van der Waals surface area contributed by atoms with Gasteiger partial charge >= 0.3 is 0 Å². The number of hydrogen-bond donors (Lipinski definition) is 1. The van der Waals surface area contributed by atoms with Gasteiger partial charge in [0, 0.05) is 5.56 Å². The highest BCUT2D eigenvalue weighted by molar-refractivity contribution is 5.75. The molecule has 0 radical (unpaired) electrons. The average molecular weight is 384 g/mol. The van der Waals surface area contributed by atoms with Crippen LogP contribution in [0.2, 0.25) is 0 Å². The van der Waals surface area contributed by atoms with Gasteiger partial charge in [-0.15, -0.1) is 0 Å². The van der Waals surface area contributed by atoms with Crippen molar-refractivity contribution in [3.8, 4) is 11.8 Å². The molecule has 1 saturated carbocycles. The second kappa shape index (κ2) is 7.69. The van der Waals surface area contributed by atoms with Crippen LogP contribution in [0.5, 0.6) is 5.75 Å². The molecule has 2 aromatic carbocycles. The molecule has 0 saturated heterocycles. The zero-order chi connectivity index (χ0) is 20.4. The normalized spacial score (nSPS) is 25.1. The molecule has 4 rings (SSSR count). The first kappa shape index (κ1) is 20.0. The second-order valence-corrected chi connectivity index (χ2v) is 7.45. The van der Waals surface area contributed by atoms with Gasteiger partial charge in [-0.1, -0.05) is 30.5 Å². The Balaban J connectivity index is 0.000000211. The van der Waals surface area contributed by atoms with E-state index in [0.29, 0.717) is 19.1 Å². The first-order chi connectivity index (χ1) is 13.4. The Labute approximate surface area is 162 Å². The summed E-state index contributed by atoms with van der Waals surface area (Å²) in [4.78, 5) is 11.7. The Morgan fingerprint density at radius 1 is 1.11 bits per heavy atom. The molecular weight excluding hydrogens is 362 g/mol. The number of aryl methyl sites for hydroxylation is 1. The molecule has 1 fully saturated rings. The highest BCUT2D eigenvalue weighted by Crippen LogP contribution is 2.51. The van der Waals surface area contributed by atoms with E-state index in [0.717, 1.165) is 30.5 Å². The molecule has 0 spiro atoms. The number of carbonyl (C=O) groups is 1. The highest BCUT2D eigenvalue weighted by atomic mass is 19.1. The van der Waals surface area contributed by atoms with Gasteiger partial charge in [0.15, 0.2) is 11.6 Å². The number of hydrogen-bond acceptors (Lipinski definition) is 4. The van der Waals surface area contributed by atoms with Crippen LogP contribution in [0.3, 0.4) is 0 Å². The van der Waals surface area contributed by atoms with Crippen LogP contribution < -0.4 is 10.5 Å². The number of carbonyl (C=O) groups excluding carboxylic acids is 1. The van der Waals surface area contributed by atoms with Crippen LogP contribution in [0.15, 0.2) is 36.4 Å². The Morgan fingerprint density at radius 3 is 2.39 bits per heavy atom.